The fourth-order valence-corrected chi connectivity index (χ4v) is 5.18. The summed E-state index contributed by atoms with van der Waals surface area (Å²) in [5.74, 6) is 3.74. The largest absolute Gasteiger partial charge is 0.326 e. The van der Waals surface area contributed by atoms with Crippen LogP contribution in [0.25, 0.3) is 0 Å². The summed E-state index contributed by atoms with van der Waals surface area (Å²) in [5, 5.41) is 9.19. The van der Waals surface area contributed by atoms with Crippen LogP contribution in [0.2, 0.25) is 0 Å². The Hall–Kier alpha value is -1.04. The highest BCUT2D eigenvalue weighted by molar-refractivity contribution is 5.83. The molecule has 5 unspecified atom stereocenters. The summed E-state index contributed by atoms with van der Waals surface area (Å²) in [6.07, 6.45) is 7.18. The van der Waals surface area contributed by atoms with Crippen molar-refractivity contribution in [1.82, 2.24) is 4.90 Å². The Kier molecular flexibility index (Phi) is 2.24. The van der Waals surface area contributed by atoms with E-state index in [0.717, 1.165) is 37.6 Å². The molecular formula is C15H20N2O. The smallest absolute Gasteiger partial charge is 0.227 e. The fraction of sp³-hybridized carbons (Fsp3) is 0.867. The Morgan fingerprint density at radius 3 is 2.50 bits per heavy atom. The van der Waals surface area contributed by atoms with E-state index in [1.807, 2.05) is 4.90 Å². The van der Waals surface area contributed by atoms with Gasteiger partial charge in [0.25, 0.3) is 0 Å². The molecule has 5 atom stereocenters. The average molecular weight is 244 g/mol. The number of nitrogens with zero attached hydrogens (tertiary/aromatic N) is 2. The molecule has 0 aromatic rings. The van der Waals surface area contributed by atoms with Gasteiger partial charge >= 0.3 is 0 Å². The van der Waals surface area contributed by atoms with Crippen LogP contribution >= 0.6 is 0 Å². The summed E-state index contributed by atoms with van der Waals surface area (Å²) in [6.45, 7) is 0.822. The zero-order valence-electron chi connectivity index (χ0n) is 10.7. The van der Waals surface area contributed by atoms with Gasteiger partial charge in [-0.1, -0.05) is 0 Å². The summed E-state index contributed by atoms with van der Waals surface area (Å²) in [7, 11) is 0. The SMILES string of the molecule is N#CC1CCCCN1C(=O)C1C2C3CCC(C3)C12. The number of carbonyl (C=O) groups excluding carboxylic acids is 1. The second-order valence-corrected chi connectivity index (χ2v) is 6.69. The molecule has 0 radical (unpaired) electrons. The van der Waals surface area contributed by atoms with E-state index in [1.54, 1.807) is 0 Å². The Bertz CT molecular complexity index is 411. The van der Waals surface area contributed by atoms with Gasteiger partial charge in [0.1, 0.15) is 6.04 Å². The molecule has 2 bridgehead atoms. The molecule has 1 saturated heterocycles. The number of likely N-dealkylation sites (tertiary alicyclic amines) is 1. The number of hydrogen-bond donors (Lipinski definition) is 0. The summed E-state index contributed by atoms with van der Waals surface area (Å²) in [4.78, 5) is 14.5. The van der Waals surface area contributed by atoms with Crippen LogP contribution < -0.4 is 0 Å². The second kappa shape index (κ2) is 3.73. The minimum Gasteiger partial charge on any atom is -0.326 e. The quantitative estimate of drug-likeness (QED) is 0.709. The lowest BCUT2D eigenvalue weighted by Crippen LogP contribution is -2.44. The van der Waals surface area contributed by atoms with Crippen LogP contribution in [0.15, 0.2) is 0 Å². The normalized spacial score (nSPS) is 48.7. The Balaban J connectivity index is 1.50. The first kappa shape index (κ1) is 10.8. The zero-order valence-corrected chi connectivity index (χ0v) is 10.7. The van der Waals surface area contributed by atoms with E-state index >= 15 is 0 Å². The Morgan fingerprint density at radius 2 is 1.83 bits per heavy atom. The highest BCUT2D eigenvalue weighted by Crippen LogP contribution is 2.69. The van der Waals surface area contributed by atoms with Crippen LogP contribution in [0.4, 0.5) is 0 Å². The molecule has 1 aliphatic heterocycles. The average Bonchev–Trinajstić information content (AvgIpc) is 2.85. The third-order valence-corrected chi connectivity index (χ3v) is 5.96. The third kappa shape index (κ3) is 1.32. The number of carbonyl (C=O) groups is 1. The molecule has 0 spiro atoms. The topological polar surface area (TPSA) is 44.1 Å². The van der Waals surface area contributed by atoms with E-state index in [1.165, 1.54) is 19.3 Å². The molecule has 3 aliphatic carbocycles. The van der Waals surface area contributed by atoms with Gasteiger partial charge in [0, 0.05) is 12.5 Å². The van der Waals surface area contributed by atoms with E-state index in [2.05, 4.69) is 6.07 Å². The van der Waals surface area contributed by atoms with Crippen LogP contribution in [-0.4, -0.2) is 23.4 Å². The molecule has 3 saturated carbocycles. The Labute approximate surface area is 108 Å². The predicted octanol–water partition coefficient (Wildman–Crippen LogP) is 2.18. The maximum Gasteiger partial charge on any atom is 0.227 e. The molecule has 4 rings (SSSR count). The van der Waals surface area contributed by atoms with Crippen molar-refractivity contribution in [3.8, 4) is 6.07 Å². The van der Waals surface area contributed by atoms with Gasteiger partial charge in [0.05, 0.1) is 6.07 Å². The van der Waals surface area contributed by atoms with Gasteiger partial charge < -0.3 is 4.90 Å². The maximum atomic E-state index is 12.6. The first-order valence-corrected chi connectivity index (χ1v) is 7.51. The van der Waals surface area contributed by atoms with Crippen molar-refractivity contribution in [3.05, 3.63) is 0 Å². The Morgan fingerprint density at radius 1 is 1.11 bits per heavy atom. The number of nitriles is 1. The van der Waals surface area contributed by atoms with E-state index < -0.39 is 0 Å². The molecular weight excluding hydrogens is 224 g/mol. The number of rotatable bonds is 1. The molecule has 0 aromatic heterocycles. The molecule has 96 valence electrons. The summed E-state index contributed by atoms with van der Waals surface area (Å²) in [5.41, 5.74) is 0. The van der Waals surface area contributed by atoms with Gasteiger partial charge in [-0.25, -0.2) is 0 Å². The van der Waals surface area contributed by atoms with E-state index in [0.29, 0.717) is 23.7 Å². The first-order chi connectivity index (χ1) is 8.81. The molecule has 0 aromatic carbocycles. The van der Waals surface area contributed by atoms with Gasteiger partial charge in [0.2, 0.25) is 5.91 Å². The molecule has 18 heavy (non-hydrogen) atoms. The van der Waals surface area contributed by atoms with Crippen molar-refractivity contribution in [1.29, 1.82) is 5.26 Å². The lowest BCUT2D eigenvalue weighted by molar-refractivity contribution is -0.136. The fourth-order valence-electron chi connectivity index (χ4n) is 5.18. The molecule has 4 aliphatic rings. The van der Waals surface area contributed by atoms with Crippen LogP contribution in [0, 0.1) is 40.9 Å². The van der Waals surface area contributed by atoms with E-state index in [-0.39, 0.29) is 6.04 Å². The molecule has 3 heteroatoms. The van der Waals surface area contributed by atoms with Crippen LogP contribution in [0.3, 0.4) is 0 Å². The van der Waals surface area contributed by atoms with Gasteiger partial charge in [-0.05, 0) is 62.2 Å². The second-order valence-electron chi connectivity index (χ2n) is 6.69. The minimum atomic E-state index is -0.134. The van der Waals surface area contributed by atoms with E-state index in [4.69, 9.17) is 0 Å². The summed E-state index contributed by atoms with van der Waals surface area (Å²) < 4.78 is 0. The van der Waals surface area contributed by atoms with E-state index in [9.17, 15) is 10.1 Å². The van der Waals surface area contributed by atoms with Gasteiger partial charge in [-0.3, -0.25) is 4.79 Å². The predicted molar refractivity (Wildman–Crippen MR) is 66.3 cm³/mol. The molecule has 1 amide bonds. The van der Waals surface area contributed by atoms with Crippen LogP contribution in [-0.2, 0) is 4.79 Å². The standard InChI is InChI=1S/C15H20N2O/c16-8-11-3-1-2-6-17(11)15(18)14-12-9-4-5-10(7-9)13(12)14/h9-14H,1-7H2. The van der Waals surface area contributed by atoms with Gasteiger partial charge in [-0.15, -0.1) is 0 Å². The number of hydrogen-bond acceptors (Lipinski definition) is 2. The van der Waals surface area contributed by atoms with Gasteiger partial charge in [-0.2, -0.15) is 5.26 Å². The lowest BCUT2D eigenvalue weighted by Gasteiger charge is -2.32. The highest BCUT2D eigenvalue weighted by atomic mass is 16.2. The van der Waals surface area contributed by atoms with Gasteiger partial charge in [0.15, 0.2) is 0 Å². The van der Waals surface area contributed by atoms with Crippen molar-refractivity contribution in [3.63, 3.8) is 0 Å². The maximum absolute atomic E-state index is 12.6. The van der Waals surface area contributed by atoms with Crippen molar-refractivity contribution < 1.29 is 4.79 Å². The molecule has 4 fully saturated rings. The number of piperidine rings is 1. The highest BCUT2D eigenvalue weighted by Gasteiger charge is 2.68. The summed E-state index contributed by atoms with van der Waals surface area (Å²) in [6, 6.07) is 2.19. The monoisotopic (exact) mass is 244 g/mol. The van der Waals surface area contributed by atoms with Crippen LogP contribution in [0.1, 0.15) is 38.5 Å². The van der Waals surface area contributed by atoms with Crippen molar-refractivity contribution in [2.75, 3.05) is 6.54 Å². The number of amides is 1. The molecule has 3 nitrogen and oxygen atoms in total. The first-order valence-electron chi connectivity index (χ1n) is 7.51. The van der Waals surface area contributed by atoms with Crippen LogP contribution in [0.5, 0.6) is 0 Å². The van der Waals surface area contributed by atoms with Crippen molar-refractivity contribution in [2.45, 2.75) is 44.6 Å². The van der Waals surface area contributed by atoms with Crippen molar-refractivity contribution >= 4 is 5.91 Å². The minimum absolute atomic E-state index is 0.134. The third-order valence-electron chi connectivity index (χ3n) is 5.96. The molecule has 0 N–H and O–H groups in total. The lowest BCUT2D eigenvalue weighted by atomic mass is 9.98. The zero-order chi connectivity index (χ0) is 12.3. The summed E-state index contributed by atoms with van der Waals surface area (Å²) >= 11 is 0. The number of fused-ring (bicyclic) bond motifs is 5. The molecule has 1 heterocycles. The van der Waals surface area contributed by atoms with Crippen molar-refractivity contribution in [2.24, 2.45) is 29.6 Å².